The van der Waals surface area contributed by atoms with Crippen molar-refractivity contribution in [3.05, 3.63) is 65.9 Å². The summed E-state index contributed by atoms with van der Waals surface area (Å²) in [6.07, 6.45) is 2.44. The molecular formula is C28H30N6O4. The second-order valence-electron chi connectivity index (χ2n) is 9.49. The first kappa shape index (κ1) is 25.6. The molecule has 0 spiro atoms. The lowest BCUT2D eigenvalue weighted by Crippen LogP contribution is -2.50. The van der Waals surface area contributed by atoms with Gasteiger partial charge < -0.3 is 24.8 Å². The molecule has 3 aromatic rings. The molecule has 2 saturated heterocycles. The number of amides is 1. The molecule has 3 heterocycles. The molecule has 0 bridgehead atoms. The minimum absolute atomic E-state index is 0.224. The molecule has 1 unspecified atom stereocenters. The van der Waals surface area contributed by atoms with Gasteiger partial charge in [0.05, 0.1) is 23.9 Å². The van der Waals surface area contributed by atoms with Crippen molar-refractivity contribution < 1.29 is 19.4 Å². The molecule has 5 rings (SSSR count). The van der Waals surface area contributed by atoms with Gasteiger partial charge in [-0.3, -0.25) is 9.69 Å². The Morgan fingerprint density at radius 1 is 1.16 bits per heavy atom. The zero-order chi connectivity index (χ0) is 26.5. The SMILES string of the molecule is COC1CN(Cc2ccc(Nc3nccc(-c4ccc(OC5CCN(C(=O)CO)C5)c(C#N)c4)n3)cc2)C1. The number of aliphatic hydroxyl groups excluding tert-OH is 1. The monoisotopic (exact) mass is 514 g/mol. The fourth-order valence-electron chi connectivity index (χ4n) is 4.67. The predicted molar refractivity (Wildman–Crippen MR) is 141 cm³/mol. The highest BCUT2D eigenvalue weighted by atomic mass is 16.5. The number of nitrogens with one attached hydrogen (secondary N) is 1. The van der Waals surface area contributed by atoms with Crippen LogP contribution in [0.5, 0.6) is 5.75 Å². The first-order valence-electron chi connectivity index (χ1n) is 12.6. The van der Waals surface area contributed by atoms with E-state index in [9.17, 15) is 10.1 Å². The fourth-order valence-corrected chi connectivity index (χ4v) is 4.67. The van der Waals surface area contributed by atoms with Crippen LogP contribution < -0.4 is 10.1 Å². The third-order valence-electron chi connectivity index (χ3n) is 6.85. The van der Waals surface area contributed by atoms with Crippen LogP contribution in [0.25, 0.3) is 11.3 Å². The van der Waals surface area contributed by atoms with Crippen molar-refractivity contribution in [2.75, 3.05) is 45.2 Å². The second-order valence-corrected chi connectivity index (χ2v) is 9.49. The van der Waals surface area contributed by atoms with Crippen molar-refractivity contribution in [1.82, 2.24) is 19.8 Å². The van der Waals surface area contributed by atoms with Crippen LogP contribution >= 0.6 is 0 Å². The van der Waals surface area contributed by atoms with E-state index in [-0.39, 0.29) is 12.0 Å². The van der Waals surface area contributed by atoms with Crippen LogP contribution in [0.15, 0.2) is 54.7 Å². The molecular weight excluding hydrogens is 484 g/mol. The Bertz CT molecular complexity index is 1320. The molecule has 2 N–H and O–H groups in total. The largest absolute Gasteiger partial charge is 0.487 e. The number of anilines is 2. The molecule has 2 aliphatic rings. The van der Waals surface area contributed by atoms with Crippen LogP contribution in [0.1, 0.15) is 17.5 Å². The van der Waals surface area contributed by atoms with Gasteiger partial charge >= 0.3 is 0 Å². The lowest BCUT2D eigenvalue weighted by atomic mass is 10.1. The zero-order valence-corrected chi connectivity index (χ0v) is 21.2. The number of methoxy groups -OCH3 is 1. The number of hydrogen-bond donors (Lipinski definition) is 2. The number of rotatable bonds is 9. The summed E-state index contributed by atoms with van der Waals surface area (Å²) in [5.41, 5.74) is 3.94. The molecule has 1 amide bonds. The molecule has 0 radical (unpaired) electrons. The Morgan fingerprint density at radius 2 is 1.97 bits per heavy atom. The highest BCUT2D eigenvalue weighted by Crippen LogP contribution is 2.28. The van der Waals surface area contributed by atoms with Crippen LogP contribution in [0, 0.1) is 11.3 Å². The summed E-state index contributed by atoms with van der Waals surface area (Å²) in [5, 5.41) is 22.0. The van der Waals surface area contributed by atoms with E-state index in [0.29, 0.717) is 48.6 Å². The zero-order valence-electron chi connectivity index (χ0n) is 21.2. The molecule has 0 saturated carbocycles. The topological polar surface area (TPSA) is 124 Å². The summed E-state index contributed by atoms with van der Waals surface area (Å²) in [4.78, 5) is 24.6. The van der Waals surface area contributed by atoms with Gasteiger partial charge in [0, 0.05) is 57.2 Å². The third kappa shape index (κ3) is 5.92. The molecule has 38 heavy (non-hydrogen) atoms. The molecule has 196 valence electrons. The minimum Gasteiger partial charge on any atom is -0.487 e. The Labute approximate surface area is 221 Å². The number of nitrogens with zero attached hydrogens (tertiary/aromatic N) is 5. The number of aromatic nitrogens is 2. The maximum atomic E-state index is 11.7. The number of carbonyl (C=O) groups excluding carboxylic acids is 1. The van der Waals surface area contributed by atoms with Crippen molar-refractivity contribution in [3.63, 3.8) is 0 Å². The molecule has 2 aliphatic heterocycles. The Balaban J connectivity index is 1.22. The number of ether oxygens (including phenoxy) is 2. The van der Waals surface area contributed by atoms with Crippen LogP contribution in [0.2, 0.25) is 0 Å². The van der Waals surface area contributed by atoms with Gasteiger partial charge in [0.2, 0.25) is 11.9 Å². The van der Waals surface area contributed by atoms with Crippen molar-refractivity contribution in [3.8, 4) is 23.1 Å². The van der Waals surface area contributed by atoms with Crippen molar-refractivity contribution in [2.45, 2.75) is 25.2 Å². The summed E-state index contributed by atoms with van der Waals surface area (Å²) >= 11 is 0. The quantitative estimate of drug-likeness (QED) is 0.443. The summed E-state index contributed by atoms with van der Waals surface area (Å²) in [7, 11) is 1.75. The smallest absolute Gasteiger partial charge is 0.248 e. The van der Waals surface area contributed by atoms with E-state index < -0.39 is 6.61 Å². The lowest BCUT2D eigenvalue weighted by molar-refractivity contribution is -0.133. The van der Waals surface area contributed by atoms with Gasteiger partial charge in [-0.15, -0.1) is 0 Å². The number of carbonyl (C=O) groups is 1. The molecule has 10 heteroatoms. The van der Waals surface area contributed by atoms with E-state index >= 15 is 0 Å². The average Bonchev–Trinajstić information content (AvgIpc) is 3.40. The first-order valence-corrected chi connectivity index (χ1v) is 12.6. The summed E-state index contributed by atoms with van der Waals surface area (Å²) in [6, 6.07) is 17.5. The number of aliphatic hydroxyl groups is 1. The van der Waals surface area contributed by atoms with E-state index in [1.807, 2.05) is 18.2 Å². The van der Waals surface area contributed by atoms with Crippen LogP contribution in [0.3, 0.4) is 0 Å². The van der Waals surface area contributed by atoms with E-state index in [4.69, 9.17) is 14.6 Å². The standard InChI is InChI=1S/C28H30N6O4/c1-37-24-15-33(16-24)14-19-2-5-22(6-3-19)31-28-30-10-8-25(32-28)20-4-7-26(21(12-20)13-29)38-23-9-11-34(17-23)27(36)18-35/h2-8,10,12,23-24,35H,9,11,14-18H2,1H3,(H,30,31,32). The van der Waals surface area contributed by atoms with Gasteiger partial charge in [-0.2, -0.15) is 5.26 Å². The summed E-state index contributed by atoms with van der Waals surface area (Å²) < 4.78 is 11.4. The highest BCUT2D eigenvalue weighted by molar-refractivity contribution is 5.77. The lowest BCUT2D eigenvalue weighted by Gasteiger charge is -2.38. The highest BCUT2D eigenvalue weighted by Gasteiger charge is 2.28. The molecule has 10 nitrogen and oxygen atoms in total. The minimum atomic E-state index is -0.514. The Morgan fingerprint density at radius 3 is 2.71 bits per heavy atom. The first-order chi connectivity index (χ1) is 18.5. The van der Waals surface area contributed by atoms with Gasteiger partial charge in [-0.25, -0.2) is 9.97 Å². The van der Waals surface area contributed by atoms with Crippen molar-refractivity contribution in [1.29, 1.82) is 5.26 Å². The Kier molecular flexibility index (Phi) is 7.79. The second kappa shape index (κ2) is 11.6. The van der Waals surface area contributed by atoms with E-state index in [0.717, 1.165) is 30.9 Å². The molecule has 1 atom stereocenters. The fraction of sp³-hybridized carbons (Fsp3) is 0.357. The van der Waals surface area contributed by atoms with E-state index in [1.54, 1.807) is 36.4 Å². The van der Waals surface area contributed by atoms with Crippen LogP contribution in [-0.2, 0) is 16.1 Å². The molecule has 0 aliphatic carbocycles. The van der Waals surface area contributed by atoms with Crippen LogP contribution in [-0.4, -0.2) is 82.9 Å². The van der Waals surface area contributed by atoms with E-state index in [1.165, 1.54) is 5.56 Å². The van der Waals surface area contributed by atoms with E-state index in [2.05, 4.69) is 38.4 Å². The summed E-state index contributed by atoms with van der Waals surface area (Å²) in [6.45, 7) is 3.22. The predicted octanol–water partition coefficient (Wildman–Crippen LogP) is 2.56. The van der Waals surface area contributed by atoms with Gasteiger partial charge in [0.15, 0.2) is 0 Å². The van der Waals surface area contributed by atoms with Gasteiger partial charge in [0.1, 0.15) is 24.5 Å². The normalized spacial score (nSPS) is 17.6. The maximum Gasteiger partial charge on any atom is 0.248 e. The van der Waals surface area contributed by atoms with Crippen molar-refractivity contribution >= 4 is 17.5 Å². The average molecular weight is 515 g/mol. The molecule has 2 fully saturated rings. The maximum absolute atomic E-state index is 11.7. The molecule has 2 aromatic carbocycles. The van der Waals surface area contributed by atoms with Gasteiger partial charge in [-0.05, 0) is 42.0 Å². The van der Waals surface area contributed by atoms with Gasteiger partial charge in [0.25, 0.3) is 0 Å². The van der Waals surface area contributed by atoms with Gasteiger partial charge in [-0.1, -0.05) is 12.1 Å². The molecule has 1 aromatic heterocycles. The van der Waals surface area contributed by atoms with Crippen LogP contribution in [0.4, 0.5) is 11.6 Å². The number of benzene rings is 2. The summed E-state index contributed by atoms with van der Waals surface area (Å²) in [5.74, 6) is 0.603. The Hall–Kier alpha value is -4.04. The number of nitriles is 1. The number of likely N-dealkylation sites (tertiary alicyclic amines) is 2. The van der Waals surface area contributed by atoms with Crippen molar-refractivity contribution in [2.24, 2.45) is 0 Å². The third-order valence-corrected chi connectivity index (χ3v) is 6.85. The number of hydrogen-bond acceptors (Lipinski definition) is 9.